The summed E-state index contributed by atoms with van der Waals surface area (Å²) in [4.78, 5) is 14.2. The Bertz CT molecular complexity index is 741. The first-order valence-corrected chi connectivity index (χ1v) is 7.84. The van der Waals surface area contributed by atoms with Crippen molar-refractivity contribution in [2.45, 2.75) is 13.1 Å². The van der Waals surface area contributed by atoms with E-state index < -0.39 is 0 Å². The van der Waals surface area contributed by atoms with Crippen molar-refractivity contribution >= 4 is 27.4 Å². The van der Waals surface area contributed by atoms with Gasteiger partial charge in [0.2, 0.25) is 0 Å². The van der Waals surface area contributed by atoms with E-state index in [4.69, 9.17) is 0 Å². The molecular formula is C14H17BrFN5O. The van der Waals surface area contributed by atoms with Crippen molar-refractivity contribution < 1.29 is 4.39 Å². The summed E-state index contributed by atoms with van der Waals surface area (Å²) in [5.41, 5.74) is 1.37. The zero-order valence-corrected chi connectivity index (χ0v) is 13.8. The fraction of sp³-hybridized carbons (Fsp3) is 0.429. The molecule has 0 fully saturated rings. The minimum atomic E-state index is -0.340. The van der Waals surface area contributed by atoms with Gasteiger partial charge in [-0.15, -0.1) is 0 Å². The number of hydrogen-bond donors (Lipinski definition) is 1. The lowest BCUT2D eigenvalue weighted by molar-refractivity contribution is 0.197. The summed E-state index contributed by atoms with van der Waals surface area (Å²) in [6.07, 6.45) is 1.71. The third-order valence-corrected chi connectivity index (χ3v) is 4.12. The van der Waals surface area contributed by atoms with Crippen molar-refractivity contribution in [1.29, 1.82) is 0 Å². The molecule has 0 saturated heterocycles. The molecule has 6 nitrogen and oxygen atoms in total. The largest absolute Gasteiger partial charge is 0.334 e. The van der Waals surface area contributed by atoms with E-state index in [0.717, 1.165) is 23.3 Å². The third kappa shape index (κ3) is 3.07. The number of pyridine rings is 1. The van der Waals surface area contributed by atoms with Crippen molar-refractivity contribution in [1.82, 2.24) is 19.2 Å². The summed E-state index contributed by atoms with van der Waals surface area (Å²) in [7, 11) is 1.70. The molecule has 0 unspecified atom stereocenters. The molecule has 2 aromatic heterocycles. The molecule has 1 aliphatic rings. The molecule has 8 heteroatoms. The maximum absolute atomic E-state index is 12.4. The van der Waals surface area contributed by atoms with E-state index in [0.29, 0.717) is 24.6 Å². The predicted octanol–water partition coefficient (Wildman–Crippen LogP) is 1.87. The molecule has 0 spiro atoms. The second-order valence-corrected chi connectivity index (χ2v) is 6.24. The summed E-state index contributed by atoms with van der Waals surface area (Å²) in [5, 5.41) is 7.53. The van der Waals surface area contributed by atoms with Gasteiger partial charge in [-0.25, -0.2) is 4.39 Å². The van der Waals surface area contributed by atoms with Crippen LogP contribution in [-0.2, 0) is 20.1 Å². The number of anilines is 2. The lowest BCUT2D eigenvalue weighted by atomic mass is 10.3. The molecule has 118 valence electrons. The van der Waals surface area contributed by atoms with Gasteiger partial charge < -0.3 is 9.88 Å². The number of hydrogen-bond acceptors (Lipinski definition) is 4. The highest BCUT2D eigenvalue weighted by Gasteiger charge is 2.18. The van der Waals surface area contributed by atoms with Crippen LogP contribution in [0.2, 0.25) is 0 Å². The van der Waals surface area contributed by atoms with Crippen molar-refractivity contribution in [2.24, 2.45) is 7.05 Å². The van der Waals surface area contributed by atoms with Crippen molar-refractivity contribution in [2.75, 3.05) is 25.1 Å². The molecule has 0 amide bonds. The molecule has 0 bridgehead atoms. The van der Waals surface area contributed by atoms with Gasteiger partial charge in [0.25, 0.3) is 5.56 Å². The molecule has 0 aromatic carbocycles. The molecule has 2 aromatic rings. The highest BCUT2D eigenvalue weighted by molar-refractivity contribution is 9.10. The van der Waals surface area contributed by atoms with Crippen LogP contribution in [0.4, 0.5) is 15.9 Å². The van der Waals surface area contributed by atoms with E-state index in [9.17, 15) is 9.18 Å². The average molecular weight is 370 g/mol. The van der Waals surface area contributed by atoms with Crippen LogP contribution in [0, 0.1) is 0 Å². The first-order valence-electron chi connectivity index (χ1n) is 7.05. The molecular weight excluding hydrogens is 353 g/mol. The first-order chi connectivity index (χ1) is 10.6. The lowest BCUT2D eigenvalue weighted by Crippen LogP contribution is -2.35. The zero-order valence-electron chi connectivity index (χ0n) is 12.2. The molecule has 3 heterocycles. The van der Waals surface area contributed by atoms with Crippen LogP contribution in [0.1, 0.15) is 5.69 Å². The van der Waals surface area contributed by atoms with Crippen molar-refractivity contribution in [3.63, 3.8) is 0 Å². The maximum Gasteiger partial charge on any atom is 0.274 e. The van der Waals surface area contributed by atoms with Gasteiger partial charge in [-0.2, -0.15) is 5.10 Å². The Morgan fingerprint density at radius 1 is 1.41 bits per heavy atom. The summed E-state index contributed by atoms with van der Waals surface area (Å²) in [5.74, 6) is 0.632. The SMILES string of the molecule is Cn1cc(Br)cc(Nc2cc3n(n2)CCN(CCF)C3)c1=O. The van der Waals surface area contributed by atoms with Gasteiger partial charge in [-0.05, 0) is 22.0 Å². The van der Waals surface area contributed by atoms with Gasteiger partial charge in [-0.1, -0.05) is 0 Å². The van der Waals surface area contributed by atoms with Crippen molar-refractivity contribution in [3.8, 4) is 0 Å². The summed E-state index contributed by atoms with van der Waals surface area (Å²) in [6, 6.07) is 3.64. The van der Waals surface area contributed by atoms with Crippen molar-refractivity contribution in [3.05, 3.63) is 38.9 Å². The quantitative estimate of drug-likeness (QED) is 0.893. The van der Waals surface area contributed by atoms with Gasteiger partial charge in [0.1, 0.15) is 12.4 Å². The number of fused-ring (bicyclic) bond motifs is 1. The predicted molar refractivity (Wildman–Crippen MR) is 86.1 cm³/mol. The molecule has 3 rings (SSSR count). The van der Waals surface area contributed by atoms with E-state index in [-0.39, 0.29) is 12.2 Å². The number of alkyl halides is 1. The maximum atomic E-state index is 12.4. The molecule has 1 aliphatic heterocycles. The number of nitrogens with one attached hydrogen (secondary N) is 1. The number of rotatable bonds is 4. The molecule has 0 radical (unpaired) electrons. The number of nitrogens with zero attached hydrogens (tertiary/aromatic N) is 4. The van der Waals surface area contributed by atoms with Crippen LogP contribution in [0.15, 0.2) is 27.6 Å². The average Bonchev–Trinajstić information content (AvgIpc) is 2.86. The summed E-state index contributed by atoms with van der Waals surface area (Å²) in [6.45, 7) is 2.30. The number of aromatic nitrogens is 3. The van der Waals surface area contributed by atoms with Gasteiger partial charge in [0, 0.05) is 43.4 Å². The second-order valence-electron chi connectivity index (χ2n) is 5.32. The monoisotopic (exact) mass is 369 g/mol. The van der Waals surface area contributed by atoms with E-state index >= 15 is 0 Å². The number of aryl methyl sites for hydroxylation is 1. The van der Waals surface area contributed by atoms with Crippen LogP contribution in [0.25, 0.3) is 0 Å². The zero-order chi connectivity index (χ0) is 15.7. The topological polar surface area (TPSA) is 55.1 Å². The molecule has 22 heavy (non-hydrogen) atoms. The Labute approximate surface area is 135 Å². The van der Waals surface area contributed by atoms with Gasteiger partial charge in [0.15, 0.2) is 5.82 Å². The van der Waals surface area contributed by atoms with E-state index in [1.54, 1.807) is 19.3 Å². The Balaban J connectivity index is 1.82. The fourth-order valence-electron chi connectivity index (χ4n) is 2.59. The second kappa shape index (κ2) is 6.21. The minimum absolute atomic E-state index is 0.117. The fourth-order valence-corrected chi connectivity index (χ4v) is 3.13. The Morgan fingerprint density at radius 3 is 3.00 bits per heavy atom. The van der Waals surface area contributed by atoms with Gasteiger partial charge >= 0.3 is 0 Å². The highest BCUT2D eigenvalue weighted by atomic mass is 79.9. The Morgan fingerprint density at radius 2 is 2.23 bits per heavy atom. The van der Waals surface area contributed by atoms with E-state index in [1.807, 2.05) is 10.7 Å². The third-order valence-electron chi connectivity index (χ3n) is 3.69. The number of halogens is 2. The minimum Gasteiger partial charge on any atom is -0.334 e. The highest BCUT2D eigenvalue weighted by Crippen LogP contribution is 2.20. The normalized spacial score (nSPS) is 14.9. The van der Waals surface area contributed by atoms with E-state index in [1.165, 1.54) is 4.57 Å². The van der Waals surface area contributed by atoms with Crippen LogP contribution < -0.4 is 10.9 Å². The molecule has 0 aliphatic carbocycles. The van der Waals surface area contributed by atoms with Crippen LogP contribution >= 0.6 is 15.9 Å². The van der Waals surface area contributed by atoms with Gasteiger partial charge in [-0.3, -0.25) is 14.4 Å². The first kappa shape index (κ1) is 15.2. The van der Waals surface area contributed by atoms with Crippen LogP contribution in [0.5, 0.6) is 0 Å². The summed E-state index contributed by atoms with van der Waals surface area (Å²) < 4.78 is 16.7. The van der Waals surface area contributed by atoms with Crippen LogP contribution in [-0.4, -0.2) is 39.0 Å². The Hall–Kier alpha value is -1.67. The molecule has 0 atom stereocenters. The molecule has 1 N–H and O–H groups in total. The smallest absolute Gasteiger partial charge is 0.274 e. The van der Waals surface area contributed by atoms with E-state index in [2.05, 4.69) is 31.2 Å². The molecule has 0 saturated carbocycles. The standard InChI is InChI=1S/C14H17BrFN5O/c1-19-8-10(15)6-12(14(19)22)17-13-7-11-9-20(3-2-16)4-5-21(11)18-13/h6-8H,2-5,9H2,1H3,(H,17,18). The lowest BCUT2D eigenvalue weighted by Gasteiger charge is -2.26. The summed E-state index contributed by atoms with van der Waals surface area (Å²) >= 11 is 3.38. The Kier molecular flexibility index (Phi) is 4.30. The van der Waals surface area contributed by atoms with Crippen LogP contribution in [0.3, 0.4) is 0 Å². The van der Waals surface area contributed by atoms with Gasteiger partial charge in [0.05, 0.1) is 12.2 Å².